The van der Waals surface area contributed by atoms with E-state index in [0.29, 0.717) is 28.7 Å². The van der Waals surface area contributed by atoms with E-state index in [9.17, 15) is 9.18 Å². The summed E-state index contributed by atoms with van der Waals surface area (Å²) in [6.07, 6.45) is 0. The third-order valence-electron chi connectivity index (χ3n) is 3.92. The first-order valence-corrected chi connectivity index (χ1v) is 7.72. The van der Waals surface area contributed by atoms with Gasteiger partial charge in [0.15, 0.2) is 6.61 Å². The fourth-order valence-electron chi connectivity index (χ4n) is 2.66. The van der Waals surface area contributed by atoms with Crippen LogP contribution in [0.15, 0.2) is 47.0 Å². The van der Waals surface area contributed by atoms with E-state index >= 15 is 0 Å². The smallest absolute Gasteiger partial charge is 0.265 e. The number of ether oxygens (including phenoxy) is 1. The van der Waals surface area contributed by atoms with Gasteiger partial charge in [-0.1, -0.05) is 11.2 Å². The Morgan fingerprint density at radius 3 is 2.80 bits per heavy atom. The van der Waals surface area contributed by atoms with Gasteiger partial charge in [-0.25, -0.2) is 4.39 Å². The molecular formula is C18H14FN3O3. The topological polar surface area (TPSA) is 68.5 Å². The van der Waals surface area contributed by atoms with Gasteiger partial charge in [0.1, 0.15) is 18.1 Å². The quantitative estimate of drug-likeness (QED) is 0.733. The molecule has 126 valence electrons. The van der Waals surface area contributed by atoms with Crippen molar-refractivity contribution in [3.05, 3.63) is 59.7 Å². The van der Waals surface area contributed by atoms with E-state index < -0.39 is 0 Å². The molecule has 0 aliphatic carbocycles. The summed E-state index contributed by atoms with van der Waals surface area (Å²) < 4.78 is 23.7. The lowest BCUT2D eigenvalue weighted by Crippen LogP contribution is -2.38. The van der Waals surface area contributed by atoms with Crippen molar-refractivity contribution in [1.82, 2.24) is 10.1 Å². The van der Waals surface area contributed by atoms with E-state index in [1.165, 1.54) is 12.1 Å². The first-order chi connectivity index (χ1) is 12.1. The van der Waals surface area contributed by atoms with Crippen molar-refractivity contribution in [2.75, 3.05) is 11.5 Å². The van der Waals surface area contributed by atoms with Gasteiger partial charge in [0, 0.05) is 5.56 Å². The van der Waals surface area contributed by atoms with Crippen molar-refractivity contribution < 1.29 is 18.4 Å². The number of fused-ring (bicyclic) bond motifs is 1. The Morgan fingerprint density at radius 1 is 1.20 bits per heavy atom. The van der Waals surface area contributed by atoms with E-state index in [2.05, 4.69) is 10.1 Å². The van der Waals surface area contributed by atoms with Crippen LogP contribution in [0.2, 0.25) is 0 Å². The summed E-state index contributed by atoms with van der Waals surface area (Å²) >= 11 is 0. The van der Waals surface area contributed by atoms with E-state index in [1.807, 2.05) is 25.1 Å². The Balaban J connectivity index is 1.60. The number of hydrogen-bond acceptors (Lipinski definition) is 5. The molecule has 4 rings (SSSR count). The SMILES string of the molecule is Cc1ccc2c(c1)OCC(=O)N2Cc1nc(-c2ccc(F)cc2)no1. The molecule has 1 aliphatic rings. The largest absolute Gasteiger partial charge is 0.482 e. The minimum atomic E-state index is -0.335. The van der Waals surface area contributed by atoms with Crippen LogP contribution in [-0.4, -0.2) is 22.7 Å². The van der Waals surface area contributed by atoms with Crippen LogP contribution in [0.5, 0.6) is 5.75 Å². The molecule has 0 bridgehead atoms. The number of halogens is 1. The number of nitrogens with zero attached hydrogens (tertiary/aromatic N) is 3. The summed E-state index contributed by atoms with van der Waals surface area (Å²) in [5.74, 6) is 0.773. The maximum absolute atomic E-state index is 13.0. The molecule has 0 atom stereocenters. The predicted octanol–water partition coefficient (Wildman–Crippen LogP) is 3.11. The van der Waals surface area contributed by atoms with Crippen LogP contribution in [0.25, 0.3) is 11.4 Å². The molecule has 0 saturated carbocycles. The highest BCUT2D eigenvalue weighted by atomic mass is 19.1. The number of carbonyl (C=O) groups is 1. The second-order valence-electron chi connectivity index (χ2n) is 5.76. The average Bonchev–Trinajstić information content (AvgIpc) is 3.07. The zero-order valence-electron chi connectivity index (χ0n) is 13.4. The molecule has 0 spiro atoms. The summed E-state index contributed by atoms with van der Waals surface area (Å²) in [4.78, 5) is 18.1. The highest BCUT2D eigenvalue weighted by molar-refractivity contribution is 5.97. The van der Waals surface area contributed by atoms with Crippen molar-refractivity contribution in [2.24, 2.45) is 0 Å². The fraction of sp³-hybridized carbons (Fsp3) is 0.167. The monoisotopic (exact) mass is 339 g/mol. The van der Waals surface area contributed by atoms with Crippen molar-refractivity contribution >= 4 is 11.6 Å². The fourth-order valence-corrected chi connectivity index (χ4v) is 2.66. The van der Waals surface area contributed by atoms with Gasteiger partial charge in [0.05, 0.1) is 5.69 Å². The van der Waals surface area contributed by atoms with Crippen LogP contribution < -0.4 is 9.64 Å². The van der Waals surface area contributed by atoms with E-state index in [0.717, 1.165) is 5.56 Å². The maximum atomic E-state index is 13.0. The number of hydrogen-bond donors (Lipinski definition) is 0. The van der Waals surface area contributed by atoms with E-state index in [-0.39, 0.29) is 24.9 Å². The summed E-state index contributed by atoms with van der Waals surface area (Å²) in [5, 5.41) is 3.90. The summed E-state index contributed by atoms with van der Waals surface area (Å²) in [6.45, 7) is 2.07. The molecule has 0 radical (unpaired) electrons. The lowest BCUT2D eigenvalue weighted by molar-refractivity contribution is -0.121. The maximum Gasteiger partial charge on any atom is 0.265 e. The number of rotatable bonds is 3. The van der Waals surface area contributed by atoms with Crippen LogP contribution in [0.4, 0.5) is 10.1 Å². The van der Waals surface area contributed by atoms with Crippen LogP contribution in [-0.2, 0) is 11.3 Å². The summed E-state index contributed by atoms with van der Waals surface area (Å²) in [5.41, 5.74) is 2.36. The normalized spacial score (nSPS) is 13.5. The third kappa shape index (κ3) is 2.96. The first-order valence-electron chi connectivity index (χ1n) is 7.72. The van der Waals surface area contributed by atoms with Crippen LogP contribution in [0.3, 0.4) is 0 Å². The number of carbonyl (C=O) groups excluding carboxylic acids is 1. The third-order valence-corrected chi connectivity index (χ3v) is 3.92. The molecule has 1 aromatic heterocycles. The Labute approximate surface area is 142 Å². The Bertz CT molecular complexity index is 937. The van der Waals surface area contributed by atoms with Crippen molar-refractivity contribution in [2.45, 2.75) is 13.5 Å². The lowest BCUT2D eigenvalue weighted by atomic mass is 10.1. The molecule has 7 heteroatoms. The number of aryl methyl sites for hydroxylation is 1. The zero-order chi connectivity index (χ0) is 17.4. The van der Waals surface area contributed by atoms with E-state index in [1.54, 1.807) is 17.0 Å². The minimum Gasteiger partial charge on any atom is -0.482 e. The molecule has 2 aromatic carbocycles. The van der Waals surface area contributed by atoms with Gasteiger partial charge in [-0.05, 0) is 48.9 Å². The Kier molecular flexibility index (Phi) is 3.68. The Morgan fingerprint density at radius 2 is 2.00 bits per heavy atom. The van der Waals surface area contributed by atoms with Gasteiger partial charge in [-0.3, -0.25) is 9.69 Å². The van der Waals surface area contributed by atoms with Gasteiger partial charge in [0.2, 0.25) is 11.7 Å². The Hall–Kier alpha value is -3.22. The van der Waals surface area contributed by atoms with Gasteiger partial charge in [-0.15, -0.1) is 0 Å². The molecule has 0 N–H and O–H groups in total. The zero-order valence-corrected chi connectivity index (χ0v) is 13.4. The first kappa shape index (κ1) is 15.3. The van der Waals surface area contributed by atoms with Gasteiger partial charge >= 0.3 is 0 Å². The average molecular weight is 339 g/mol. The highest BCUT2D eigenvalue weighted by Crippen LogP contribution is 2.33. The molecule has 0 saturated heterocycles. The number of aromatic nitrogens is 2. The predicted molar refractivity (Wildman–Crippen MR) is 87.6 cm³/mol. The van der Waals surface area contributed by atoms with Crippen molar-refractivity contribution in [1.29, 1.82) is 0 Å². The molecule has 6 nitrogen and oxygen atoms in total. The second-order valence-corrected chi connectivity index (χ2v) is 5.76. The standard InChI is InChI=1S/C18H14FN3O3/c1-11-2-7-14-15(8-11)24-10-17(23)22(14)9-16-20-18(21-25-16)12-3-5-13(19)6-4-12/h2-8H,9-10H2,1H3. The van der Waals surface area contributed by atoms with Crippen LogP contribution >= 0.6 is 0 Å². The molecular weight excluding hydrogens is 325 g/mol. The van der Waals surface area contributed by atoms with Crippen molar-refractivity contribution in [3.63, 3.8) is 0 Å². The summed E-state index contributed by atoms with van der Waals surface area (Å²) in [6, 6.07) is 11.4. The number of benzene rings is 2. The van der Waals surface area contributed by atoms with Gasteiger partial charge < -0.3 is 9.26 Å². The van der Waals surface area contributed by atoms with Crippen LogP contribution in [0, 0.1) is 12.7 Å². The summed E-state index contributed by atoms with van der Waals surface area (Å²) in [7, 11) is 0. The number of anilines is 1. The molecule has 2 heterocycles. The van der Waals surface area contributed by atoms with Crippen molar-refractivity contribution in [3.8, 4) is 17.1 Å². The minimum absolute atomic E-state index is 0.0323. The molecule has 25 heavy (non-hydrogen) atoms. The van der Waals surface area contributed by atoms with Gasteiger partial charge in [-0.2, -0.15) is 4.98 Å². The molecule has 0 fully saturated rings. The number of amides is 1. The molecule has 1 aliphatic heterocycles. The molecule has 3 aromatic rings. The second kappa shape index (κ2) is 6.01. The van der Waals surface area contributed by atoms with Gasteiger partial charge in [0.25, 0.3) is 5.91 Å². The lowest BCUT2D eigenvalue weighted by Gasteiger charge is -2.28. The highest BCUT2D eigenvalue weighted by Gasteiger charge is 2.27. The van der Waals surface area contributed by atoms with E-state index in [4.69, 9.17) is 9.26 Å². The molecule has 0 unspecified atom stereocenters. The molecule has 1 amide bonds. The van der Waals surface area contributed by atoms with Crippen LogP contribution in [0.1, 0.15) is 11.5 Å².